The van der Waals surface area contributed by atoms with Crippen molar-refractivity contribution in [1.82, 2.24) is 4.90 Å². The molecule has 0 aromatic carbocycles. The summed E-state index contributed by atoms with van der Waals surface area (Å²) in [5.41, 5.74) is 0. The molecule has 0 aromatic rings. The monoisotopic (exact) mass is 297 g/mol. The van der Waals surface area contributed by atoms with Crippen molar-refractivity contribution in [2.24, 2.45) is 11.8 Å². The van der Waals surface area contributed by atoms with Gasteiger partial charge in [0.15, 0.2) is 6.29 Å². The van der Waals surface area contributed by atoms with Gasteiger partial charge in [-0.05, 0) is 25.7 Å². The fourth-order valence-corrected chi connectivity index (χ4v) is 3.13. The number of ether oxygens (including phenoxy) is 2. The van der Waals surface area contributed by atoms with Crippen LogP contribution in [0.3, 0.4) is 0 Å². The van der Waals surface area contributed by atoms with Crippen LogP contribution in [0.4, 0.5) is 0 Å². The quantitative estimate of drug-likeness (QED) is 0.643. The number of nitrogens with zero attached hydrogens (tertiary/aromatic N) is 1. The molecule has 120 valence electrons. The second kappa shape index (κ2) is 8.49. The molecule has 2 fully saturated rings. The van der Waals surface area contributed by atoms with E-state index in [-0.39, 0.29) is 24.0 Å². The molecule has 2 heterocycles. The third-order valence-electron chi connectivity index (χ3n) is 4.42. The Bertz CT molecular complexity index is 341. The van der Waals surface area contributed by atoms with Gasteiger partial charge in [0.1, 0.15) is 6.29 Å². The molecule has 5 nitrogen and oxygen atoms in total. The lowest BCUT2D eigenvalue weighted by molar-refractivity contribution is -0.170. The van der Waals surface area contributed by atoms with Crippen molar-refractivity contribution in [3.8, 4) is 0 Å². The first kappa shape index (κ1) is 16.4. The molecule has 3 atom stereocenters. The third-order valence-corrected chi connectivity index (χ3v) is 4.42. The van der Waals surface area contributed by atoms with E-state index < -0.39 is 0 Å². The van der Waals surface area contributed by atoms with Crippen molar-refractivity contribution in [2.45, 2.75) is 51.7 Å². The summed E-state index contributed by atoms with van der Waals surface area (Å²) in [6.07, 6.45) is 6.28. The van der Waals surface area contributed by atoms with E-state index in [0.29, 0.717) is 19.6 Å². The third kappa shape index (κ3) is 4.51. The molecule has 3 unspecified atom stereocenters. The second-order valence-corrected chi connectivity index (χ2v) is 6.04. The van der Waals surface area contributed by atoms with Gasteiger partial charge < -0.3 is 19.2 Å². The first-order chi connectivity index (χ1) is 10.3. The topological polar surface area (TPSA) is 55.8 Å². The number of carbonyl (C=O) groups excluding carboxylic acids is 2. The molecule has 0 aliphatic carbocycles. The molecule has 0 bridgehead atoms. The van der Waals surface area contributed by atoms with E-state index in [1.165, 1.54) is 0 Å². The highest BCUT2D eigenvalue weighted by Gasteiger charge is 2.40. The molecular formula is C16H27NO4. The highest BCUT2D eigenvalue weighted by atomic mass is 16.7. The highest BCUT2D eigenvalue weighted by Crippen LogP contribution is 2.28. The van der Waals surface area contributed by atoms with Crippen LogP contribution in [0.25, 0.3) is 0 Å². The van der Waals surface area contributed by atoms with Crippen molar-refractivity contribution in [3.05, 3.63) is 0 Å². The number of unbranched alkanes of at least 4 members (excludes halogenated alkanes) is 1. The summed E-state index contributed by atoms with van der Waals surface area (Å²) in [4.78, 5) is 25.1. The average molecular weight is 297 g/mol. The molecule has 0 radical (unpaired) electrons. The summed E-state index contributed by atoms with van der Waals surface area (Å²) in [6.45, 7) is 4.89. The number of rotatable bonds is 8. The highest BCUT2D eigenvalue weighted by molar-refractivity contribution is 5.83. The maximum Gasteiger partial charge on any atom is 0.226 e. The van der Waals surface area contributed by atoms with E-state index in [4.69, 9.17) is 9.47 Å². The fraction of sp³-hybridized carbons (Fsp3) is 0.875. The Labute approximate surface area is 127 Å². The molecule has 0 saturated carbocycles. The van der Waals surface area contributed by atoms with Gasteiger partial charge in [-0.2, -0.15) is 0 Å². The summed E-state index contributed by atoms with van der Waals surface area (Å²) >= 11 is 0. The molecular weight excluding hydrogens is 270 g/mol. The van der Waals surface area contributed by atoms with Crippen LogP contribution in [0.15, 0.2) is 0 Å². The van der Waals surface area contributed by atoms with Crippen LogP contribution in [0.5, 0.6) is 0 Å². The van der Waals surface area contributed by atoms with Crippen LogP contribution >= 0.6 is 0 Å². The number of likely N-dealkylation sites (tertiary alicyclic amines) is 1. The molecule has 2 aliphatic heterocycles. The molecule has 2 aliphatic rings. The van der Waals surface area contributed by atoms with Crippen LogP contribution in [0.1, 0.15) is 45.4 Å². The standard InChI is InChI=1S/C16H27NO4/c1-2-3-8-17-11-13(14(7-9-18)16(17)19)12-21-15-6-4-5-10-20-15/h9,13-15H,2-8,10-12H2,1H3. The number of amides is 1. The fourth-order valence-electron chi connectivity index (χ4n) is 3.13. The summed E-state index contributed by atoms with van der Waals surface area (Å²) in [7, 11) is 0. The van der Waals surface area contributed by atoms with Gasteiger partial charge in [0, 0.05) is 32.0 Å². The van der Waals surface area contributed by atoms with Crippen LogP contribution in [0, 0.1) is 11.8 Å². The number of hydrogen-bond donors (Lipinski definition) is 0. The van der Waals surface area contributed by atoms with E-state index in [9.17, 15) is 9.59 Å². The van der Waals surface area contributed by atoms with Crippen LogP contribution < -0.4 is 0 Å². The summed E-state index contributed by atoms with van der Waals surface area (Å²) in [6, 6.07) is 0. The molecule has 2 saturated heterocycles. The Kier molecular flexibility index (Phi) is 6.64. The Hall–Kier alpha value is -0.940. The summed E-state index contributed by atoms with van der Waals surface area (Å²) < 4.78 is 11.4. The number of hydrogen-bond acceptors (Lipinski definition) is 4. The molecule has 5 heteroatoms. The predicted molar refractivity (Wildman–Crippen MR) is 78.7 cm³/mol. The van der Waals surface area contributed by atoms with Gasteiger partial charge in [0.2, 0.25) is 5.91 Å². The normalized spacial score (nSPS) is 29.9. The molecule has 0 spiro atoms. The lowest BCUT2D eigenvalue weighted by atomic mass is 9.94. The Morgan fingerprint density at radius 1 is 1.43 bits per heavy atom. The van der Waals surface area contributed by atoms with Crippen LogP contribution in [0.2, 0.25) is 0 Å². The predicted octanol–water partition coefficient (Wildman–Crippen LogP) is 1.99. The smallest absolute Gasteiger partial charge is 0.226 e. The maximum atomic E-state index is 12.3. The zero-order chi connectivity index (χ0) is 15.1. The lowest BCUT2D eigenvalue weighted by Crippen LogP contribution is -2.28. The van der Waals surface area contributed by atoms with Crippen molar-refractivity contribution in [3.63, 3.8) is 0 Å². The summed E-state index contributed by atoms with van der Waals surface area (Å²) in [5.74, 6) is 0.0294. The van der Waals surface area contributed by atoms with E-state index in [2.05, 4.69) is 6.92 Å². The molecule has 2 rings (SSSR count). The van der Waals surface area contributed by atoms with Gasteiger partial charge >= 0.3 is 0 Å². The van der Waals surface area contributed by atoms with Crippen LogP contribution in [-0.4, -0.2) is 49.7 Å². The van der Waals surface area contributed by atoms with Crippen molar-refractivity contribution in [1.29, 1.82) is 0 Å². The number of aldehydes is 1. The molecule has 21 heavy (non-hydrogen) atoms. The van der Waals surface area contributed by atoms with E-state index in [0.717, 1.165) is 51.5 Å². The van der Waals surface area contributed by atoms with Crippen molar-refractivity contribution >= 4 is 12.2 Å². The largest absolute Gasteiger partial charge is 0.353 e. The Morgan fingerprint density at radius 3 is 2.95 bits per heavy atom. The minimum Gasteiger partial charge on any atom is -0.353 e. The zero-order valence-corrected chi connectivity index (χ0v) is 13.0. The van der Waals surface area contributed by atoms with Gasteiger partial charge in [-0.15, -0.1) is 0 Å². The van der Waals surface area contributed by atoms with Gasteiger partial charge in [-0.25, -0.2) is 0 Å². The molecule has 0 aromatic heterocycles. The average Bonchev–Trinajstić information content (AvgIpc) is 2.81. The van der Waals surface area contributed by atoms with Crippen LogP contribution in [-0.2, 0) is 19.1 Å². The van der Waals surface area contributed by atoms with E-state index in [1.807, 2.05) is 4.90 Å². The Balaban J connectivity index is 1.85. The zero-order valence-electron chi connectivity index (χ0n) is 13.0. The first-order valence-corrected chi connectivity index (χ1v) is 8.22. The maximum absolute atomic E-state index is 12.3. The summed E-state index contributed by atoms with van der Waals surface area (Å²) in [5, 5.41) is 0. The molecule has 0 N–H and O–H groups in total. The Morgan fingerprint density at radius 2 is 2.29 bits per heavy atom. The van der Waals surface area contributed by atoms with Gasteiger partial charge in [0.05, 0.1) is 12.5 Å². The van der Waals surface area contributed by atoms with Gasteiger partial charge in [-0.3, -0.25) is 4.79 Å². The van der Waals surface area contributed by atoms with E-state index >= 15 is 0 Å². The van der Waals surface area contributed by atoms with E-state index in [1.54, 1.807) is 0 Å². The van der Waals surface area contributed by atoms with Gasteiger partial charge in [0.25, 0.3) is 0 Å². The van der Waals surface area contributed by atoms with Crippen molar-refractivity contribution in [2.75, 3.05) is 26.3 Å². The minimum absolute atomic E-state index is 0.116. The molecule has 1 amide bonds. The second-order valence-electron chi connectivity index (χ2n) is 6.04. The van der Waals surface area contributed by atoms with Gasteiger partial charge in [-0.1, -0.05) is 13.3 Å². The van der Waals surface area contributed by atoms with Crippen molar-refractivity contribution < 1.29 is 19.1 Å². The first-order valence-electron chi connectivity index (χ1n) is 8.22. The number of carbonyl (C=O) groups is 2. The lowest BCUT2D eigenvalue weighted by Gasteiger charge is -2.25. The SMILES string of the molecule is CCCCN1CC(COC2CCCCO2)C(CC=O)C1=O. The minimum atomic E-state index is -0.206.